The highest BCUT2D eigenvalue weighted by atomic mass is 16.5. The molecule has 2 aromatic rings. The summed E-state index contributed by atoms with van der Waals surface area (Å²) >= 11 is 0. The maximum atomic E-state index is 10.3. The van der Waals surface area contributed by atoms with Gasteiger partial charge in [0.05, 0.1) is 25.6 Å². The maximum Gasteiger partial charge on any atom is 0.134 e. The fraction of sp³-hybridized carbons (Fsp3) is 0.556. The molecule has 0 unspecified atom stereocenters. The van der Waals surface area contributed by atoms with Crippen molar-refractivity contribution in [2.24, 2.45) is 5.92 Å². The molecular formula is C18H23NO3. The Morgan fingerprint density at radius 1 is 1.23 bits per heavy atom. The summed E-state index contributed by atoms with van der Waals surface area (Å²) in [5.41, 5.74) is 2.18. The highest BCUT2D eigenvalue weighted by Crippen LogP contribution is 2.33. The largest absolute Gasteiger partial charge is 0.464 e. The number of para-hydroxylation sites is 1. The summed E-state index contributed by atoms with van der Waals surface area (Å²) in [5.74, 6) is 0.346. The maximum absolute atomic E-state index is 10.3. The summed E-state index contributed by atoms with van der Waals surface area (Å²) in [6, 6.07) is 8.51. The quantitative estimate of drug-likeness (QED) is 0.947. The lowest BCUT2D eigenvalue weighted by molar-refractivity contribution is -0.0535. The molecule has 4 nitrogen and oxygen atoms in total. The molecule has 0 radical (unpaired) electrons. The molecule has 1 saturated heterocycles. The Morgan fingerprint density at radius 3 is 3.00 bits per heavy atom. The summed E-state index contributed by atoms with van der Waals surface area (Å²) in [7, 11) is 0. The molecule has 4 rings (SSSR count). The number of hydrogen-bond acceptors (Lipinski definition) is 4. The number of nitrogens with zero attached hydrogens (tertiary/aromatic N) is 1. The zero-order chi connectivity index (χ0) is 14.9. The zero-order valence-corrected chi connectivity index (χ0v) is 12.8. The number of hydrogen-bond donors (Lipinski definition) is 1. The molecule has 1 saturated carbocycles. The van der Waals surface area contributed by atoms with E-state index in [1.54, 1.807) is 0 Å². The van der Waals surface area contributed by atoms with E-state index in [1.165, 1.54) is 10.9 Å². The third-order valence-electron chi connectivity index (χ3n) is 5.24. The van der Waals surface area contributed by atoms with E-state index in [1.807, 2.05) is 18.4 Å². The average molecular weight is 301 g/mol. The second-order valence-corrected chi connectivity index (χ2v) is 6.53. The van der Waals surface area contributed by atoms with Crippen LogP contribution in [0.15, 0.2) is 34.9 Å². The fourth-order valence-electron chi connectivity index (χ4n) is 4.04. The molecule has 1 aromatic carbocycles. The zero-order valence-electron chi connectivity index (χ0n) is 12.8. The molecule has 0 bridgehead atoms. The third kappa shape index (κ3) is 2.56. The number of aliphatic hydroxyl groups excluding tert-OH is 1. The van der Waals surface area contributed by atoms with Gasteiger partial charge in [-0.3, -0.25) is 4.90 Å². The molecule has 2 aliphatic rings. The van der Waals surface area contributed by atoms with Crippen molar-refractivity contribution >= 4 is 11.0 Å². The van der Waals surface area contributed by atoms with Crippen molar-refractivity contribution in [2.45, 2.75) is 38.0 Å². The monoisotopic (exact) mass is 301 g/mol. The van der Waals surface area contributed by atoms with Crippen LogP contribution in [0.25, 0.3) is 11.0 Å². The van der Waals surface area contributed by atoms with Crippen LogP contribution in [-0.4, -0.2) is 41.9 Å². The molecule has 118 valence electrons. The molecule has 1 aromatic heterocycles. The highest BCUT2D eigenvalue weighted by Gasteiger charge is 2.37. The van der Waals surface area contributed by atoms with Crippen LogP contribution in [0.1, 0.15) is 24.8 Å². The Morgan fingerprint density at radius 2 is 2.14 bits per heavy atom. The van der Waals surface area contributed by atoms with E-state index in [0.29, 0.717) is 12.0 Å². The van der Waals surface area contributed by atoms with Gasteiger partial charge >= 0.3 is 0 Å². The Labute approximate surface area is 130 Å². The number of furan rings is 1. The normalized spacial score (nSPS) is 30.1. The molecule has 0 spiro atoms. The first-order valence-electron chi connectivity index (χ1n) is 8.28. The van der Waals surface area contributed by atoms with Gasteiger partial charge < -0.3 is 14.3 Å². The van der Waals surface area contributed by atoms with Crippen LogP contribution >= 0.6 is 0 Å². The van der Waals surface area contributed by atoms with Gasteiger partial charge in [-0.2, -0.15) is 0 Å². The molecule has 2 fully saturated rings. The van der Waals surface area contributed by atoms with Crippen molar-refractivity contribution < 1.29 is 14.3 Å². The molecule has 2 heterocycles. The van der Waals surface area contributed by atoms with E-state index >= 15 is 0 Å². The molecule has 4 heteroatoms. The summed E-state index contributed by atoms with van der Waals surface area (Å²) in [6.45, 7) is 3.30. The van der Waals surface area contributed by atoms with Gasteiger partial charge in [0, 0.05) is 36.0 Å². The smallest absolute Gasteiger partial charge is 0.134 e. The number of ether oxygens (including phenoxy) is 1. The van der Waals surface area contributed by atoms with Crippen molar-refractivity contribution in [2.75, 3.05) is 19.8 Å². The van der Waals surface area contributed by atoms with E-state index in [0.717, 1.165) is 51.1 Å². The van der Waals surface area contributed by atoms with E-state index in [2.05, 4.69) is 17.0 Å². The van der Waals surface area contributed by atoms with Crippen LogP contribution in [0.2, 0.25) is 0 Å². The summed E-state index contributed by atoms with van der Waals surface area (Å²) in [5, 5.41) is 11.5. The van der Waals surface area contributed by atoms with Crippen molar-refractivity contribution in [1.29, 1.82) is 0 Å². The Bertz CT molecular complexity index is 638. The fourth-order valence-corrected chi connectivity index (χ4v) is 4.04. The van der Waals surface area contributed by atoms with E-state index in [-0.39, 0.29) is 6.10 Å². The first kappa shape index (κ1) is 14.2. The van der Waals surface area contributed by atoms with Gasteiger partial charge in [-0.05, 0) is 18.9 Å². The second kappa shape index (κ2) is 6.03. The first-order valence-corrected chi connectivity index (χ1v) is 8.28. The molecular weight excluding hydrogens is 278 g/mol. The predicted octanol–water partition coefficient (Wildman–Crippen LogP) is 2.79. The van der Waals surface area contributed by atoms with Gasteiger partial charge in [-0.25, -0.2) is 0 Å². The number of morpholine rings is 1. The minimum Gasteiger partial charge on any atom is -0.464 e. The average Bonchev–Trinajstić information content (AvgIpc) is 3.15. The first-order chi connectivity index (χ1) is 10.8. The minimum atomic E-state index is -0.171. The van der Waals surface area contributed by atoms with Gasteiger partial charge in [-0.1, -0.05) is 24.6 Å². The van der Waals surface area contributed by atoms with Crippen molar-refractivity contribution in [1.82, 2.24) is 4.90 Å². The van der Waals surface area contributed by atoms with Gasteiger partial charge in [-0.15, -0.1) is 0 Å². The SMILES string of the molecule is O[C@@H]1CCC[C@H]1[C@@H]1COCCN1Cc1coc2ccccc12. The molecule has 1 N–H and O–H groups in total. The third-order valence-corrected chi connectivity index (χ3v) is 5.24. The van der Waals surface area contributed by atoms with E-state index in [9.17, 15) is 5.11 Å². The topological polar surface area (TPSA) is 45.8 Å². The number of rotatable bonds is 3. The van der Waals surface area contributed by atoms with Crippen LogP contribution in [0.4, 0.5) is 0 Å². The van der Waals surface area contributed by atoms with Crippen molar-refractivity contribution in [3.63, 3.8) is 0 Å². The summed E-state index contributed by atoms with van der Waals surface area (Å²) in [4.78, 5) is 2.47. The van der Waals surface area contributed by atoms with E-state index < -0.39 is 0 Å². The summed E-state index contributed by atoms with van der Waals surface area (Å²) < 4.78 is 11.4. The van der Waals surface area contributed by atoms with Gasteiger partial charge in [0.1, 0.15) is 5.58 Å². The molecule has 22 heavy (non-hydrogen) atoms. The Hall–Kier alpha value is -1.36. The van der Waals surface area contributed by atoms with Gasteiger partial charge in [0.2, 0.25) is 0 Å². The van der Waals surface area contributed by atoms with Crippen LogP contribution in [0, 0.1) is 5.92 Å². The van der Waals surface area contributed by atoms with E-state index in [4.69, 9.17) is 9.15 Å². The number of fused-ring (bicyclic) bond motifs is 1. The second-order valence-electron chi connectivity index (χ2n) is 6.53. The highest BCUT2D eigenvalue weighted by molar-refractivity contribution is 5.80. The summed E-state index contributed by atoms with van der Waals surface area (Å²) in [6.07, 6.45) is 4.88. The van der Waals surface area contributed by atoms with Crippen molar-refractivity contribution in [3.8, 4) is 0 Å². The standard InChI is InChI=1S/C18H23NO3/c20-17-6-3-5-15(17)16-12-21-9-8-19(16)10-13-11-22-18-7-2-1-4-14(13)18/h1-2,4,7,11,15-17,20H,3,5-6,8-10,12H2/t15-,16-,17+/m0/s1. The Kier molecular flexibility index (Phi) is 3.90. The van der Waals surface area contributed by atoms with Crippen LogP contribution in [0.3, 0.4) is 0 Å². The van der Waals surface area contributed by atoms with Crippen LogP contribution < -0.4 is 0 Å². The molecule has 1 aliphatic heterocycles. The molecule has 3 atom stereocenters. The molecule has 1 aliphatic carbocycles. The minimum absolute atomic E-state index is 0.171. The van der Waals surface area contributed by atoms with Crippen LogP contribution in [-0.2, 0) is 11.3 Å². The predicted molar refractivity (Wildman–Crippen MR) is 84.6 cm³/mol. The number of aliphatic hydroxyl groups is 1. The lowest BCUT2D eigenvalue weighted by Crippen LogP contribution is -2.50. The van der Waals surface area contributed by atoms with Crippen molar-refractivity contribution in [3.05, 3.63) is 36.1 Å². The lowest BCUT2D eigenvalue weighted by atomic mass is 9.94. The van der Waals surface area contributed by atoms with Crippen LogP contribution in [0.5, 0.6) is 0 Å². The number of benzene rings is 1. The van der Waals surface area contributed by atoms with Gasteiger partial charge in [0.15, 0.2) is 0 Å². The molecule has 0 amide bonds. The Balaban J connectivity index is 1.57. The lowest BCUT2D eigenvalue weighted by Gasteiger charge is -2.40. The van der Waals surface area contributed by atoms with Gasteiger partial charge in [0.25, 0.3) is 0 Å².